The number of barbiturate groups is 1. The molecular weight excluding hydrogens is 360 g/mol. The summed E-state index contributed by atoms with van der Waals surface area (Å²) < 4.78 is 32.7. The Morgan fingerprint density at radius 3 is 2.37 bits per heavy atom. The summed E-state index contributed by atoms with van der Waals surface area (Å²) in [5.74, 6) is -3.56. The van der Waals surface area contributed by atoms with Gasteiger partial charge in [0.25, 0.3) is 0 Å². The lowest BCUT2D eigenvalue weighted by molar-refractivity contribution is -0.148. The summed E-state index contributed by atoms with van der Waals surface area (Å²) >= 11 is 0. The topological polar surface area (TPSA) is 87.7 Å². The zero-order valence-corrected chi connectivity index (χ0v) is 15.1. The molecule has 0 aromatic heterocycles. The standard InChI is InChI=1S/C15H13F2N3O4.C3H8/c16-8-3-7-5-15(12(21)18-14(23)19-13(15)22)11-6-24-2-1-20(11)10(7)4-9(8)17;1-3-2/h3-4,11H,1-2,5-6H2,(H2,18,19,21,22,23);3H2,1-2H3. The van der Waals surface area contributed by atoms with E-state index >= 15 is 0 Å². The molecule has 4 amide bonds. The second-order valence-corrected chi connectivity index (χ2v) is 6.77. The van der Waals surface area contributed by atoms with E-state index in [2.05, 4.69) is 24.5 Å². The van der Waals surface area contributed by atoms with E-state index < -0.39 is 40.9 Å². The molecule has 3 aliphatic heterocycles. The van der Waals surface area contributed by atoms with E-state index in [0.29, 0.717) is 24.4 Å². The third-order valence-corrected chi connectivity index (χ3v) is 4.86. The summed E-state index contributed by atoms with van der Waals surface area (Å²) in [4.78, 5) is 38.2. The first-order chi connectivity index (χ1) is 12.8. The predicted molar refractivity (Wildman–Crippen MR) is 92.1 cm³/mol. The Bertz CT molecular complexity index is 779. The van der Waals surface area contributed by atoms with E-state index in [9.17, 15) is 23.2 Å². The van der Waals surface area contributed by atoms with Gasteiger partial charge in [0, 0.05) is 24.7 Å². The molecule has 3 heterocycles. The van der Waals surface area contributed by atoms with Crippen molar-refractivity contribution in [3.63, 3.8) is 0 Å². The Hall–Kier alpha value is -2.55. The molecular formula is C18H21F2N3O4. The first kappa shape index (κ1) is 19.2. The number of nitrogens with zero attached hydrogens (tertiary/aromatic N) is 1. The Morgan fingerprint density at radius 1 is 1.15 bits per heavy atom. The van der Waals surface area contributed by atoms with Crippen molar-refractivity contribution in [2.45, 2.75) is 32.7 Å². The minimum atomic E-state index is -1.63. The van der Waals surface area contributed by atoms with E-state index in [1.165, 1.54) is 6.42 Å². The molecule has 4 rings (SSSR count). The van der Waals surface area contributed by atoms with Crippen LogP contribution in [0.2, 0.25) is 0 Å². The minimum absolute atomic E-state index is 0.0630. The van der Waals surface area contributed by atoms with Crippen molar-refractivity contribution < 1.29 is 27.9 Å². The van der Waals surface area contributed by atoms with Crippen LogP contribution in [0.15, 0.2) is 12.1 Å². The van der Waals surface area contributed by atoms with E-state index in [-0.39, 0.29) is 13.0 Å². The highest BCUT2D eigenvalue weighted by Crippen LogP contribution is 2.44. The zero-order valence-electron chi connectivity index (χ0n) is 15.1. The summed E-state index contributed by atoms with van der Waals surface area (Å²) in [6.07, 6.45) is 1.11. The van der Waals surface area contributed by atoms with Crippen molar-refractivity contribution in [1.29, 1.82) is 0 Å². The molecule has 146 valence electrons. The van der Waals surface area contributed by atoms with Crippen LogP contribution in [0.5, 0.6) is 0 Å². The molecule has 0 radical (unpaired) electrons. The average molecular weight is 381 g/mol. The van der Waals surface area contributed by atoms with Gasteiger partial charge in [0.05, 0.1) is 19.3 Å². The molecule has 2 saturated heterocycles. The fourth-order valence-electron chi connectivity index (χ4n) is 3.73. The molecule has 1 unspecified atom stereocenters. The number of urea groups is 1. The molecule has 0 bridgehead atoms. The molecule has 27 heavy (non-hydrogen) atoms. The summed E-state index contributed by atoms with van der Waals surface area (Å²) in [7, 11) is 0. The van der Waals surface area contributed by atoms with Gasteiger partial charge >= 0.3 is 6.03 Å². The molecule has 7 nitrogen and oxygen atoms in total. The molecule has 9 heteroatoms. The molecule has 3 aliphatic rings. The highest BCUT2D eigenvalue weighted by Gasteiger charge is 2.60. The van der Waals surface area contributed by atoms with Gasteiger partial charge in [-0.2, -0.15) is 0 Å². The summed E-state index contributed by atoms with van der Waals surface area (Å²) in [5.41, 5.74) is -0.858. The normalized spacial score (nSPS) is 22.9. The van der Waals surface area contributed by atoms with Crippen molar-refractivity contribution in [2.75, 3.05) is 24.7 Å². The second-order valence-electron chi connectivity index (χ2n) is 6.77. The van der Waals surface area contributed by atoms with Crippen molar-refractivity contribution >= 4 is 23.5 Å². The first-order valence-electron chi connectivity index (χ1n) is 8.84. The van der Waals surface area contributed by atoms with Gasteiger partial charge in [0.15, 0.2) is 17.0 Å². The Balaban J connectivity index is 0.000000659. The van der Waals surface area contributed by atoms with Gasteiger partial charge in [0.2, 0.25) is 11.8 Å². The average Bonchev–Trinajstić information content (AvgIpc) is 2.62. The number of hydrogen-bond donors (Lipinski definition) is 2. The maximum Gasteiger partial charge on any atom is 0.328 e. The van der Waals surface area contributed by atoms with Crippen LogP contribution in [0.3, 0.4) is 0 Å². The number of halogens is 2. The lowest BCUT2D eigenvalue weighted by Gasteiger charge is -2.51. The number of imide groups is 2. The number of carbonyl (C=O) groups excluding carboxylic acids is 3. The Morgan fingerprint density at radius 2 is 1.74 bits per heavy atom. The number of carbonyl (C=O) groups is 3. The third-order valence-electron chi connectivity index (χ3n) is 4.86. The quantitative estimate of drug-likeness (QED) is 0.665. The van der Waals surface area contributed by atoms with Crippen molar-refractivity contribution in [3.05, 3.63) is 29.3 Å². The number of amides is 4. The summed E-state index contributed by atoms with van der Waals surface area (Å²) in [6, 6.07) is 0.459. The largest absolute Gasteiger partial charge is 0.377 e. The number of nitrogens with one attached hydrogen (secondary N) is 2. The van der Waals surface area contributed by atoms with Gasteiger partial charge in [-0.25, -0.2) is 13.6 Å². The number of fused-ring (bicyclic) bond motifs is 4. The minimum Gasteiger partial charge on any atom is -0.377 e. The van der Waals surface area contributed by atoms with Gasteiger partial charge in [-0.05, 0) is 11.6 Å². The van der Waals surface area contributed by atoms with E-state index in [4.69, 9.17) is 4.74 Å². The predicted octanol–water partition coefficient (Wildman–Crippen LogP) is 1.49. The van der Waals surface area contributed by atoms with Gasteiger partial charge < -0.3 is 9.64 Å². The molecule has 0 saturated carbocycles. The van der Waals surface area contributed by atoms with Crippen LogP contribution in [0.25, 0.3) is 0 Å². The Kier molecular flexibility index (Phi) is 5.14. The van der Waals surface area contributed by atoms with Crippen molar-refractivity contribution in [3.8, 4) is 0 Å². The number of morpholine rings is 1. The molecule has 1 spiro atoms. The first-order valence-corrected chi connectivity index (χ1v) is 8.84. The number of benzene rings is 1. The van der Waals surface area contributed by atoms with E-state index in [1.807, 2.05) is 0 Å². The van der Waals surface area contributed by atoms with E-state index in [0.717, 1.165) is 12.1 Å². The fourth-order valence-corrected chi connectivity index (χ4v) is 3.73. The molecule has 0 aliphatic carbocycles. The maximum absolute atomic E-state index is 13.7. The summed E-state index contributed by atoms with van der Waals surface area (Å²) in [6.45, 7) is 4.96. The highest BCUT2D eigenvalue weighted by atomic mass is 19.2. The molecule has 1 aromatic rings. The molecule has 2 N–H and O–H groups in total. The number of ether oxygens (including phenoxy) is 1. The van der Waals surface area contributed by atoms with Crippen molar-refractivity contribution in [2.24, 2.45) is 5.41 Å². The second kappa shape index (κ2) is 7.22. The van der Waals surface area contributed by atoms with E-state index in [1.54, 1.807) is 4.90 Å². The lowest BCUT2D eigenvalue weighted by atomic mass is 9.68. The monoisotopic (exact) mass is 381 g/mol. The van der Waals surface area contributed by atoms with Crippen LogP contribution >= 0.6 is 0 Å². The fraction of sp³-hybridized carbons (Fsp3) is 0.500. The maximum atomic E-state index is 13.7. The van der Waals surface area contributed by atoms with Gasteiger partial charge in [-0.3, -0.25) is 20.2 Å². The molecule has 1 atom stereocenters. The van der Waals surface area contributed by atoms with Crippen LogP contribution in [0.1, 0.15) is 25.8 Å². The molecule has 1 aromatic carbocycles. The van der Waals surface area contributed by atoms with Crippen LogP contribution in [-0.2, 0) is 20.7 Å². The van der Waals surface area contributed by atoms with Crippen LogP contribution in [0, 0.1) is 17.0 Å². The number of rotatable bonds is 0. The smallest absolute Gasteiger partial charge is 0.328 e. The zero-order chi connectivity index (χ0) is 19.8. The molecule has 2 fully saturated rings. The highest BCUT2D eigenvalue weighted by molar-refractivity contribution is 6.20. The number of hydrogen-bond acceptors (Lipinski definition) is 5. The van der Waals surface area contributed by atoms with Crippen molar-refractivity contribution in [1.82, 2.24) is 10.6 Å². The van der Waals surface area contributed by atoms with Gasteiger partial charge in [0.1, 0.15) is 0 Å². The SMILES string of the molecule is CCC.O=C1NC(=O)C2(Cc3cc(F)c(F)cc3N3CCOCC32)C(=O)N1. The van der Waals surface area contributed by atoms with Crippen LogP contribution < -0.4 is 15.5 Å². The summed E-state index contributed by atoms with van der Waals surface area (Å²) in [5, 5.41) is 4.20. The van der Waals surface area contributed by atoms with Crippen LogP contribution in [-0.4, -0.2) is 43.6 Å². The Labute approximate surface area is 155 Å². The van der Waals surface area contributed by atoms with Gasteiger partial charge in [-0.1, -0.05) is 20.3 Å². The number of anilines is 1. The third kappa shape index (κ3) is 3.05. The lowest BCUT2D eigenvalue weighted by Crippen LogP contribution is -2.73. The van der Waals surface area contributed by atoms with Gasteiger partial charge in [-0.15, -0.1) is 0 Å². The van der Waals surface area contributed by atoms with Crippen LogP contribution in [0.4, 0.5) is 19.3 Å².